The highest BCUT2D eigenvalue weighted by molar-refractivity contribution is 5.56. The summed E-state index contributed by atoms with van der Waals surface area (Å²) < 4.78 is 42.9. The fourth-order valence-corrected chi connectivity index (χ4v) is 8.45. The number of aryl methyl sites for hydroxylation is 1. The van der Waals surface area contributed by atoms with E-state index in [0.717, 1.165) is 86.4 Å². The van der Waals surface area contributed by atoms with E-state index in [1.807, 2.05) is 6.92 Å². The summed E-state index contributed by atoms with van der Waals surface area (Å²) in [4.78, 5) is 14.5. The summed E-state index contributed by atoms with van der Waals surface area (Å²) in [7, 11) is 0. The van der Waals surface area contributed by atoms with E-state index in [2.05, 4.69) is 15.1 Å². The van der Waals surface area contributed by atoms with Crippen molar-refractivity contribution in [1.82, 2.24) is 20.2 Å². The van der Waals surface area contributed by atoms with E-state index in [-0.39, 0.29) is 17.0 Å². The lowest BCUT2D eigenvalue weighted by Crippen LogP contribution is -2.52. The third-order valence-electron chi connectivity index (χ3n) is 10.5. The molecular formula is C31H40F2N6O2. The van der Waals surface area contributed by atoms with Crippen LogP contribution in [0, 0.1) is 12.7 Å². The van der Waals surface area contributed by atoms with Gasteiger partial charge in [-0.25, -0.2) is 8.78 Å². The van der Waals surface area contributed by atoms with Gasteiger partial charge in [0.25, 0.3) is 0 Å². The molecule has 1 aromatic carbocycles. The molecule has 6 heterocycles. The van der Waals surface area contributed by atoms with Crippen molar-refractivity contribution in [3.05, 3.63) is 39.8 Å². The minimum Gasteiger partial charge on any atom is -0.461 e. The molecular weight excluding hydrogens is 526 g/mol. The lowest BCUT2D eigenvalue weighted by molar-refractivity contribution is 0.0226. The average molecular weight is 567 g/mol. The van der Waals surface area contributed by atoms with Crippen LogP contribution >= 0.6 is 0 Å². The second-order valence-corrected chi connectivity index (χ2v) is 13.4. The SMILES string of the molecule is Cc1cc(N)c(F)c(C2Cc3nc(OC[C@@]45CCCN4C[C@H](F)C5)nc(N4CC5CCC(C4)N5)c3CO2)c1C1CC1. The molecule has 10 heteroatoms. The minimum atomic E-state index is -0.814. The largest absolute Gasteiger partial charge is 0.461 e. The number of alkyl halides is 1. The van der Waals surface area contributed by atoms with Crippen molar-refractivity contribution >= 4 is 11.5 Å². The average Bonchev–Trinajstić information content (AvgIpc) is 3.53. The number of fused-ring (bicyclic) bond motifs is 4. The Morgan fingerprint density at radius 2 is 1.95 bits per heavy atom. The number of hydrogen-bond acceptors (Lipinski definition) is 8. The third-order valence-corrected chi connectivity index (χ3v) is 10.5. The molecule has 3 unspecified atom stereocenters. The van der Waals surface area contributed by atoms with Gasteiger partial charge in [0.05, 0.1) is 29.6 Å². The summed E-state index contributed by atoms with van der Waals surface area (Å²) in [5.74, 6) is 0.863. The first-order chi connectivity index (χ1) is 19.9. The molecule has 2 bridgehead atoms. The first-order valence-corrected chi connectivity index (χ1v) is 15.5. The van der Waals surface area contributed by atoms with E-state index < -0.39 is 12.3 Å². The predicted octanol–water partition coefficient (Wildman–Crippen LogP) is 4.09. The number of anilines is 2. The summed E-state index contributed by atoms with van der Waals surface area (Å²) in [5.41, 5.74) is 10.5. The third kappa shape index (κ3) is 4.48. The molecule has 8 nitrogen and oxygen atoms in total. The highest BCUT2D eigenvalue weighted by Crippen LogP contribution is 2.49. The molecule has 0 amide bonds. The Balaban J connectivity index is 1.14. The predicted molar refractivity (Wildman–Crippen MR) is 151 cm³/mol. The summed E-state index contributed by atoms with van der Waals surface area (Å²) in [6.45, 7) is 5.86. The molecule has 6 aliphatic rings. The quantitative estimate of drug-likeness (QED) is 0.506. The van der Waals surface area contributed by atoms with Gasteiger partial charge in [-0.3, -0.25) is 4.90 Å². The molecule has 5 atom stereocenters. The second-order valence-electron chi connectivity index (χ2n) is 13.4. The molecule has 8 rings (SSSR count). The Kier molecular flexibility index (Phi) is 6.20. The number of piperazine rings is 1. The molecule has 2 aromatic rings. The van der Waals surface area contributed by atoms with E-state index in [9.17, 15) is 4.39 Å². The number of aromatic nitrogens is 2. The van der Waals surface area contributed by atoms with Crippen LogP contribution in [0.3, 0.4) is 0 Å². The van der Waals surface area contributed by atoms with Crippen molar-refractivity contribution < 1.29 is 18.3 Å². The number of hydrogen-bond donors (Lipinski definition) is 2. The van der Waals surface area contributed by atoms with E-state index in [4.69, 9.17) is 25.2 Å². The number of nitrogens with two attached hydrogens (primary N) is 1. The van der Waals surface area contributed by atoms with E-state index in [1.165, 1.54) is 0 Å². The first-order valence-electron chi connectivity index (χ1n) is 15.5. The van der Waals surface area contributed by atoms with Crippen LogP contribution in [0.15, 0.2) is 6.07 Å². The van der Waals surface area contributed by atoms with Gasteiger partial charge in [0.15, 0.2) is 5.82 Å². The molecule has 0 spiro atoms. The van der Waals surface area contributed by atoms with Gasteiger partial charge in [-0.05, 0) is 75.1 Å². The number of nitrogens with one attached hydrogen (secondary N) is 1. The van der Waals surface area contributed by atoms with Gasteiger partial charge in [-0.15, -0.1) is 0 Å². The van der Waals surface area contributed by atoms with Gasteiger partial charge in [-0.1, -0.05) is 0 Å². The summed E-state index contributed by atoms with van der Waals surface area (Å²) in [6, 6.07) is 2.97. The van der Waals surface area contributed by atoms with Crippen LogP contribution in [0.4, 0.5) is 20.3 Å². The van der Waals surface area contributed by atoms with Crippen LogP contribution in [-0.4, -0.2) is 71.4 Å². The maximum absolute atomic E-state index is 15.7. The van der Waals surface area contributed by atoms with Crippen LogP contribution in [-0.2, 0) is 17.8 Å². The normalized spacial score (nSPS) is 32.8. The zero-order valence-corrected chi connectivity index (χ0v) is 23.8. The first kappa shape index (κ1) is 26.1. The molecule has 41 heavy (non-hydrogen) atoms. The van der Waals surface area contributed by atoms with Crippen molar-refractivity contribution in [2.24, 2.45) is 0 Å². The van der Waals surface area contributed by atoms with Gasteiger partial charge in [-0.2, -0.15) is 9.97 Å². The standard InChI is InChI=1S/C31H40F2N6O2/c1-17-9-23(34)28(33)27(26(17)18-3-4-18)25-10-24-22(15-40-25)29(38-13-20-5-6-21(14-38)35-20)37-30(36-24)41-16-31-7-2-8-39(31)12-19(32)11-31/h9,18-21,25,35H,2-8,10-16,34H2,1H3/t19-,20?,21?,25?,31+/m1/s1. The van der Waals surface area contributed by atoms with Crippen molar-refractivity contribution in [2.45, 2.75) is 101 Å². The van der Waals surface area contributed by atoms with Gasteiger partial charge in [0, 0.05) is 55.7 Å². The van der Waals surface area contributed by atoms with Gasteiger partial charge in [0.1, 0.15) is 18.6 Å². The fourth-order valence-electron chi connectivity index (χ4n) is 8.45. The maximum Gasteiger partial charge on any atom is 0.318 e. The Hall–Kier alpha value is -2.56. The molecule has 5 aliphatic heterocycles. The molecule has 1 aromatic heterocycles. The topological polar surface area (TPSA) is 88.8 Å². The molecule has 1 saturated carbocycles. The van der Waals surface area contributed by atoms with E-state index >= 15 is 4.39 Å². The zero-order chi connectivity index (χ0) is 27.9. The highest BCUT2D eigenvalue weighted by atomic mass is 19.1. The Bertz CT molecular complexity index is 1360. The van der Waals surface area contributed by atoms with Crippen molar-refractivity contribution in [1.29, 1.82) is 0 Å². The van der Waals surface area contributed by atoms with E-state index in [1.54, 1.807) is 6.07 Å². The Labute approximate surface area is 240 Å². The second kappa shape index (κ2) is 9.74. The molecule has 3 N–H and O–H groups in total. The van der Waals surface area contributed by atoms with Gasteiger partial charge >= 0.3 is 6.01 Å². The number of ether oxygens (including phenoxy) is 2. The molecule has 220 valence electrons. The van der Waals surface area contributed by atoms with Crippen LogP contribution in [0.5, 0.6) is 6.01 Å². The van der Waals surface area contributed by atoms with Crippen LogP contribution in [0.25, 0.3) is 0 Å². The number of benzene rings is 1. The van der Waals surface area contributed by atoms with Gasteiger partial charge < -0.3 is 25.4 Å². The Morgan fingerprint density at radius 1 is 1.15 bits per heavy atom. The van der Waals surface area contributed by atoms with Crippen molar-refractivity contribution in [3.8, 4) is 6.01 Å². The van der Waals surface area contributed by atoms with Crippen LogP contribution in [0.1, 0.15) is 84.9 Å². The number of nitrogens with zero attached hydrogens (tertiary/aromatic N) is 4. The molecule has 5 fully saturated rings. The summed E-state index contributed by atoms with van der Waals surface area (Å²) in [6.07, 6.45) is 6.09. The van der Waals surface area contributed by atoms with Crippen molar-refractivity contribution in [3.63, 3.8) is 0 Å². The molecule has 0 radical (unpaired) electrons. The minimum absolute atomic E-state index is 0.170. The summed E-state index contributed by atoms with van der Waals surface area (Å²) >= 11 is 0. The number of rotatable bonds is 6. The van der Waals surface area contributed by atoms with E-state index in [0.29, 0.717) is 62.2 Å². The van der Waals surface area contributed by atoms with Crippen LogP contribution in [0.2, 0.25) is 0 Å². The maximum atomic E-state index is 15.7. The smallest absolute Gasteiger partial charge is 0.318 e. The van der Waals surface area contributed by atoms with Crippen LogP contribution < -0.4 is 20.7 Å². The monoisotopic (exact) mass is 566 g/mol. The lowest BCUT2D eigenvalue weighted by Gasteiger charge is -2.37. The summed E-state index contributed by atoms with van der Waals surface area (Å²) in [5, 5.41) is 3.70. The van der Waals surface area contributed by atoms with Gasteiger partial charge in [0.2, 0.25) is 0 Å². The number of halogens is 2. The molecule has 1 aliphatic carbocycles. The fraction of sp³-hybridized carbons (Fsp3) is 0.677. The Morgan fingerprint density at radius 3 is 2.73 bits per heavy atom. The molecule has 4 saturated heterocycles. The lowest BCUT2D eigenvalue weighted by atomic mass is 9.89. The number of nitrogen functional groups attached to an aromatic ring is 1. The zero-order valence-electron chi connectivity index (χ0n) is 23.8. The highest BCUT2D eigenvalue weighted by Gasteiger charge is 2.49. The van der Waals surface area contributed by atoms with Crippen molar-refractivity contribution in [2.75, 3.05) is 43.4 Å².